The molecule has 0 aliphatic heterocycles. The van der Waals surface area contributed by atoms with Crippen LogP contribution < -0.4 is 33.8 Å². The predicted molar refractivity (Wildman–Crippen MR) is 21.9 cm³/mol. The summed E-state index contributed by atoms with van der Waals surface area (Å²) in [6.07, 6.45) is -0.0972. The highest BCUT2D eigenvalue weighted by molar-refractivity contribution is 4.31. The second-order valence-corrected chi connectivity index (χ2v) is 1.05. The highest BCUT2D eigenvalue weighted by Crippen LogP contribution is 1.43. The predicted octanol–water partition coefficient (Wildman–Crippen LogP) is -5.49. The number of quaternary nitrogens is 3. The van der Waals surface area contributed by atoms with Gasteiger partial charge in [0.2, 0.25) is 6.29 Å². The third-order valence-electron chi connectivity index (χ3n) is 0.612. The molecule has 0 heterocycles. The van der Waals surface area contributed by atoms with E-state index in [0.717, 1.165) is 0 Å². The number of hydrogen-bond acceptors (Lipinski definition) is 3. The Morgan fingerprint density at radius 1 is 0.857 bits per heavy atom. The van der Waals surface area contributed by atoms with E-state index in [1.165, 1.54) is 0 Å². The van der Waals surface area contributed by atoms with Gasteiger partial charge in [-0.1, -0.05) is 0 Å². The Balaban J connectivity index is 2.99. The minimum absolute atomic E-state index is 0.0972. The molecule has 0 aromatic heterocycles. The van der Waals surface area contributed by atoms with Crippen molar-refractivity contribution in [2.24, 2.45) is 0 Å². The molecule has 0 aromatic rings. The Labute approximate surface area is 41.3 Å². The molecular formula is CH13N6+3. The highest BCUT2D eigenvalue weighted by Gasteiger charge is 2.01. The van der Waals surface area contributed by atoms with Crippen LogP contribution in [0.3, 0.4) is 0 Å². The molecule has 7 heavy (non-hydrogen) atoms. The molecule has 0 aliphatic carbocycles. The zero-order valence-electron chi connectivity index (χ0n) is 4.20. The van der Waals surface area contributed by atoms with Crippen LogP contribution in [0.15, 0.2) is 0 Å². The fourth-order valence-electron chi connectivity index (χ4n) is 0.217. The lowest BCUT2D eigenvalue weighted by atomic mass is 10.9. The molecule has 6 heteroatoms. The lowest BCUT2D eigenvalue weighted by molar-refractivity contribution is -0.551. The van der Waals surface area contributed by atoms with E-state index in [0.29, 0.717) is 0 Å². The van der Waals surface area contributed by atoms with Crippen LogP contribution in [0.5, 0.6) is 0 Å². The lowest BCUT2D eigenvalue weighted by Crippen LogP contribution is -2.89. The summed E-state index contributed by atoms with van der Waals surface area (Å²) in [5.41, 5.74) is 7.81. The smallest absolute Gasteiger partial charge is 0.244 e. The number of hydrogen-bond donors (Lipinski definition) is 6. The minimum atomic E-state index is -0.0972. The molecule has 0 spiro atoms. The normalized spacial score (nSPS) is 10.3. The van der Waals surface area contributed by atoms with E-state index in [1.807, 2.05) is 0 Å². The van der Waals surface area contributed by atoms with Gasteiger partial charge in [-0.15, -0.1) is 16.3 Å². The van der Waals surface area contributed by atoms with E-state index in [-0.39, 0.29) is 6.29 Å². The molecule has 0 bridgehead atoms. The molecule has 0 atom stereocenters. The van der Waals surface area contributed by atoms with Gasteiger partial charge in [0.15, 0.2) is 0 Å². The molecular weight excluding hydrogens is 96.1 g/mol. The van der Waals surface area contributed by atoms with Crippen molar-refractivity contribution in [1.82, 2.24) is 16.3 Å². The third-order valence-corrected chi connectivity index (χ3v) is 0.612. The SMILES string of the molecule is [NH3+]NC(N[NH3+])N[NH3+]. The molecule has 0 saturated heterocycles. The van der Waals surface area contributed by atoms with Crippen LogP contribution in [-0.2, 0) is 0 Å². The van der Waals surface area contributed by atoms with Crippen LogP contribution in [0.1, 0.15) is 0 Å². The van der Waals surface area contributed by atoms with Gasteiger partial charge in [0.25, 0.3) is 0 Å². The average molecular weight is 109 g/mol. The van der Waals surface area contributed by atoms with Crippen LogP contribution in [0.2, 0.25) is 0 Å². The summed E-state index contributed by atoms with van der Waals surface area (Å²) < 4.78 is 0. The summed E-state index contributed by atoms with van der Waals surface area (Å²) >= 11 is 0. The van der Waals surface area contributed by atoms with Crippen molar-refractivity contribution in [1.29, 1.82) is 0 Å². The summed E-state index contributed by atoms with van der Waals surface area (Å²) in [6, 6.07) is 0. The van der Waals surface area contributed by atoms with Crippen molar-refractivity contribution in [2.45, 2.75) is 6.29 Å². The summed E-state index contributed by atoms with van der Waals surface area (Å²) in [7, 11) is 0. The summed E-state index contributed by atoms with van der Waals surface area (Å²) in [6.45, 7) is 0. The molecule has 0 amide bonds. The molecule has 6 nitrogen and oxygen atoms in total. The largest absolute Gasteiger partial charge is 0.277 e. The van der Waals surface area contributed by atoms with Gasteiger partial charge in [-0.2, -0.15) is 0 Å². The topological polar surface area (TPSA) is 119 Å². The minimum Gasteiger partial charge on any atom is -0.277 e. The van der Waals surface area contributed by atoms with E-state index in [9.17, 15) is 0 Å². The first kappa shape index (κ1) is 6.76. The Morgan fingerprint density at radius 2 is 1.14 bits per heavy atom. The Kier molecular flexibility index (Phi) is 3.80. The standard InChI is InChI=1S/CH10N6/c2-5-1(6-3)7-4/h1,5-7H,2-4H2/p+3. The second kappa shape index (κ2) is 3.93. The molecule has 0 unspecified atom stereocenters. The van der Waals surface area contributed by atoms with Gasteiger partial charge in [-0.05, 0) is 0 Å². The first-order chi connectivity index (χ1) is 3.35. The molecule has 0 radical (unpaired) electrons. The number of rotatable bonds is 3. The van der Waals surface area contributed by atoms with Crippen molar-refractivity contribution < 1.29 is 17.5 Å². The second-order valence-electron chi connectivity index (χ2n) is 1.05. The summed E-state index contributed by atoms with van der Waals surface area (Å²) in [5.74, 6) is 10.1. The van der Waals surface area contributed by atoms with Crippen LogP contribution in [0, 0.1) is 0 Å². The average Bonchev–Trinajstić information content (AvgIpc) is 1.72. The summed E-state index contributed by atoms with van der Waals surface area (Å²) in [4.78, 5) is 0. The zero-order chi connectivity index (χ0) is 5.70. The van der Waals surface area contributed by atoms with Crippen LogP contribution in [0.4, 0.5) is 0 Å². The van der Waals surface area contributed by atoms with Gasteiger partial charge in [0.1, 0.15) is 0 Å². The maximum atomic E-state index is 3.37. The molecule has 0 aliphatic rings. The maximum absolute atomic E-state index is 3.37. The molecule has 0 fully saturated rings. The fourth-order valence-corrected chi connectivity index (χ4v) is 0.217. The van der Waals surface area contributed by atoms with Crippen LogP contribution in [-0.4, -0.2) is 6.29 Å². The van der Waals surface area contributed by atoms with E-state index >= 15 is 0 Å². The molecule has 12 N–H and O–H groups in total. The third kappa shape index (κ3) is 2.45. The zero-order valence-corrected chi connectivity index (χ0v) is 4.20. The van der Waals surface area contributed by atoms with E-state index in [4.69, 9.17) is 0 Å². The molecule has 0 rings (SSSR count). The van der Waals surface area contributed by atoms with Crippen molar-refractivity contribution in [2.75, 3.05) is 0 Å². The van der Waals surface area contributed by atoms with Gasteiger partial charge in [-0.25, -0.2) is 0 Å². The first-order valence-corrected chi connectivity index (χ1v) is 1.93. The molecule has 0 saturated carbocycles. The van der Waals surface area contributed by atoms with Crippen molar-refractivity contribution >= 4 is 0 Å². The monoisotopic (exact) mass is 109 g/mol. The quantitative estimate of drug-likeness (QED) is 0.160. The Hall–Kier alpha value is -0.240. The Bertz CT molecular complexity index is 25.7. The van der Waals surface area contributed by atoms with E-state index in [1.54, 1.807) is 0 Å². The maximum Gasteiger partial charge on any atom is 0.244 e. The Morgan fingerprint density at radius 3 is 1.14 bits per heavy atom. The van der Waals surface area contributed by atoms with Crippen LogP contribution in [0.25, 0.3) is 0 Å². The van der Waals surface area contributed by atoms with E-state index in [2.05, 4.69) is 33.8 Å². The fraction of sp³-hybridized carbons (Fsp3) is 1.00. The van der Waals surface area contributed by atoms with E-state index < -0.39 is 0 Å². The van der Waals surface area contributed by atoms with Crippen molar-refractivity contribution in [3.05, 3.63) is 0 Å². The number of nitrogens with one attached hydrogen (secondary N) is 3. The van der Waals surface area contributed by atoms with Gasteiger partial charge in [0.05, 0.1) is 0 Å². The van der Waals surface area contributed by atoms with Crippen molar-refractivity contribution in [3.63, 3.8) is 0 Å². The van der Waals surface area contributed by atoms with Crippen LogP contribution >= 0.6 is 0 Å². The molecule has 44 valence electrons. The van der Waals surface area contributed by atoms with Gasteiger partial charge in [-0.3, -0.25) is 17.5 Å². The lowest BCUT2D eigenvalue weighted by Gasteiger charge is -2.02. The van der Waals surface area contributed by atoms with Gasteiger partial charge >= 0.3 is 0 Å². The molecule has 0 aromatic carbocycles. The van der Waals surface area contributed by atoms with Gasteiger partial charge < -0.3 is 0 Å². The summed E-state index contributed by atoms with van der Waals surface area (Å²) in [5, 5.41) is 0. The first-order valence-electron chi connectivity index (χ1n) is 1.93. The van der Waals surface area contributed by atoms with Gasteiger partial charge in [0, 0.05) is 0 Å². The van der Waals surface area contributed by atoms with Crippen molar-refractivity contribution in [3.8, 4) is 0 Å². The highest BCUT2D eigenvalue weighted by atomic mass is 15.5.